The van der Waals surface area contributed by atoms with Gasteiger partial charge in [0.25, 0.3) is 0 Å². The topological polar surface area (TPSA) is 29.9 Å². The largest absolute Gasteiger partial charge is 0.379 e. The molecule has 1 aliphatic carbocycles. The number of nitrogens with zero attached hydrogens (tertiary/aromatic N) is 2. The molecule has 0 amide bonds. The molecule has 20 heavy (non-hydrogen) atoms. The van der Waals surface area contributed by atoms with Gasteiger partial charge in [-0.15, -0.1) is 0 Å². The molecule has 2 aromatic rings. The Balaban J connectivity index is 1.62. The van der Waals surface area contributed by atoms with Crippen molar-refractivity contribution in [3.05, 3.63) is 46.2 Å². The highest BCUT2D eigenvalue weighted by Gasteiger charge is 2.31. The Kier molecular flexibility index (Phi) is 3.47. The minimum atomic E-state index is 0.553. The molecule has 0 aliphatic heterocycles. The number of rotatable bonds is 3. The van der Waals surface area contributed by atoms with Crippen molar-refractivity contribution in [3.8, 4) is 0 Å². The Morgan fingerprint density at radius 2 is 1.85 bits per heavy atom. The minimum absolute atomic E-state index is 0.553. The molecule has 0 atom stereocenters. The zero-order valence-electron chi connectivity index (χ0n) is 12.2. The molecule has 4 heteroatoms. The fourth-order valence-corrected chi connectivity index (χ4v) is 3.06. The standard InChI is InChI=1S/C16H20ClN3/c1-10-16(11(2)20(3)19-10)18-15-8-13(9-15)12-4-6-14(17)7-5-12/h4-7,13,15,18H,8-9H2,1-3H3. The number of aromatic nitrogens is 2. The molecule has 3 rings (SSSR count). The normalized spacial score (nSPS) is 21.6. The van der Waals surface area contributed by atoms with Gasteiger partial charge in [0.1, 0.15) is 0 Å². The molecule has 3 nitrogen and oxygen atoms in total. The van der Waals surface area contributed by atoms with Crippen molar-refractivity contribution < 1.29 is 0 Å². The Labute approximate surface area is 124 Å². The summed E-state index contributed by atoms with van der Waals surface area (Å²) in [6.45, 7) is 4.17. The lowest BCUT2D eigenvalue weighted by molar-refractivity contribution is 0.374. The second-order valence-corrected chi connectivity index (χ2v) is 6.17. The molecule has 1 fully saturated rings. The van der Waals surface area contributed by atoms with Crippen LogP contribution in [-0.4, -0.2) is 15.8 Å². The Hall–Kier alpha value is -1.48. The van der Waals surface area contributed by atoms with Gasteiger partial charge in [-0.1, -0.05) is 23.7 Å². The molecule has 1 aromatic heterocycles. The van der Waals surface area contributed by atoms with Crippen LogP contribution < -0.4 is 5.32 Å². The maximum atomic E-state index is 5.93. The van der Waals surface area contributed by atoms with Crippen LogP contribution in [0.25, 0.3) is 0 Å². The lowest BCUT2D eigenvalue weighted by Crippen LogP contribution is -2.34. The molecular formula is C16H20ClN3. The molecule has 106 valence electrons. The number of hydrogen-bond donors (Lipinski definition) is 1. The first-order chi connectivity index (χ1) is 9.54. The van der Waals surface area contributed by atoms with Gasteiger partial charge in [-0.05, 0) is 50.3 Å². The van der Waals surface area contributed by atoms with Crippen molar-refractivity contribution in [2.45, 2.75) is 38.6 Å². The van der Waals surface area contributed by atoms with Crippen molar-refractivity contribution in [2.75, 3.05) is 5.32 Å². The predicted octanol–water partition coefficient (Wildman–Crippen LogP) is 4.05. The van der Waals surface area contributed by atoms with E-state index >= 15 is 0 Å². The van der Waals surface area contributed by atoms with E-state index < -0.39 is 0 Å². The maximum Gasteiger partial charge on any atom is 0.0827 e. The van der Waals surface area contributed by atoms with Gasteiger partial charge in [-0.3, -0.25) is 4.68 Å². The van der Waals surface area contributed by atoms with Crippen LogP contribution in [0.2, 0.25) is 5.02 Å². The Bertz CT molecular complexity index is 609. The first-order valence-corrected chi connectivity index (χ1v) is 7.44. The lowest BCUT2D eigenvalue weighted by atomic mass is 9.76. The number of hydrogen-bond acceptors (Lipinski definition) is 2. The summed E-state index contributed by atoms with van der Waals surface area (Å²) < 4.78 is 1.94. The zero-order valence-corrected chi connectivity index (χ0v) is 12.9. The molecule has 1 heterocycles. The summed E-state index contributed by atoms with van der Waals surface area (Å²) in [5.41, 5.74) is 4.89. The molecule has 0 spiro atoms. The second kappa shape index (κ2) is 5.13. The summed E-state index contributed by atoms with van der Waals surface area (Å²) in [4.78, 5) is 0. The molecule has 1 saturated carbocycles. The van der Waals surface area contributed by atoms with Crippen molar-refractivity contribution in [1.29, 1.82) is 0 Å². The highest BCUT2D eigenvalue weighted by atomic mass is 35.5. The van der Waals surface area contributed by atoms with E-state index in [1.165, 1.54) is 29.8 Å². The number of nitrogens with one attached hydrogen (secondary N) is 1. The van der Waals surface area contributed by atoms with Crippen molar-refractivity contribution in [1.82, 2.24) is 9.78 Å². The Morgan fingerprint density at radius 1 is 1.20 bits per heavy atom. The van der Waals surface area contributed by atoms with Gasteiger partial charge in [0.05, 0.1) is 17.1 Å². The lowest BCUT2D eigenvalue weighted by Gasteiger charge is -2.37. The third kappa shape index (κ3) is 2.42. The van der Waals surface area contributed by atoms with Crippen LogP contribution in [0, 0.1) is 13.8 Å². The molecule has 0 saturated heterocycles. The van der Waals surface area contributed by atoms with Gasteiger partial charge in [0.15, 0.2) is 0 Å². The van der Waals surface area contributed by atoms with Crippen LogP contribution in [0.15, 0.2) is 24.3 Å². The number of benzene rings is 1. The average Bonchev–Trinajstić information content (AvgIpc) is 2.60. The van der Waals surface area contributed by atoms with E-state index in [1.54, 1.807) is 0 Å². The summed E-state index contributed by atoms with van der Waals surface area (Å²) in [7, 11) is 1.99. The number of aryl methyl sites for hydroxylation is 2. The first kappa shape index (κ1) is 13.5. The monoisotopic (exact) mass is 289 g/mol. The van der Waals surface area contributed by atoms with Crippen molar-refractivity contribution in [3.63, 3.8) is 0 Å². The van der Waals surface area contributed by atoms with Gasteiger partial charge < -0.3 is 5.32 Å². The molecular weight excluding hydrogens is 270 g/mol. The molecule has 1 aromatic carbocycles. The highest BCUT2D eigenvalue weighted by molar-refractivity contribution is 6.30. The summed E-state index contributed by atoms with van der Waals surface area (Å²) in [5, 5.41) is 8.90. The summed E-state index contributed by atoms with van der Waals surface area (Å²) in [6.07, 6.45) is 2.35. The van der Waals surface area contributed by atoms with Crippen LogP contribution in [0.1, 0.15) is 35.7 Å². The summed E-state index contributed by atoms with van der Waals surface area (Å²) in [6, 6.07) is 8.80. The molecule has 0 bridgehead atoms. The molecule has 0 unspecified atom stereocenters. The van der Waals surface area contributed by atoms with E-state index in [-0.39, 0.29) is 0 Å². The highest BCUT2D eigenvalue weighted by Crippen LogP contribution is 2.39. The van der Waals surface area contributed by atoms with E-state index in [0.717, 1.165) is 10.7 Å². The van der Waals surface area contributed by atoms with Gasteiger partial charge in [0, 0.05) is 18.1 Å². The van der Waals surface area contributed by atoms with E-state index in [0.29, 0.717) is 12.0 Å². The summed E-state index contributed by atoms with van der Waals surface area (Å²) in [5.74, 6) is 0.655. The second-order valence-electron chi connectivity index (χ2n) is 5.73. The fourth-order valence-electron chi connectivity index (χ4n) is 2.93. The van der Waals surface area contributed by atoms with E-state index in [9.17, 15) is 0 Å². The maximum absolute atomic E-state index is 5.93. The minimum Gasteiger partial charge on any atom is -0.379 e. The van der Waals surface area contributed by atoms with Gasteiger partial charge in [-0.25, -0.2) is 0 Å². The SMILES string of the molecule is Cc1nn(C)c(C)c1NC1CC(c2ccc(Cl)cc2)C1. The summed E-state index contributed by atoms with van der Waals surface area (Å²) >= 11 is 5.93. The van der Waals surface area contributed by atoms with Crippen molar-refractivity contribution in [2.24, 2.45) is 7.05 Å². The fraction of sp³-hybridized carbons (Fsp3) is 0.438. The van der Waals surface area contributed by atoms with E-state index in [2.05, 4.69) is 36.4 Å². The molecule has 1 N–H and O–H groups in total. The average molecular weight is 290 g/mol. The first-order valence-electron chi connectivity index (χ1n) is 7.07. The van der Waals surface area contributed by atoms with E-state index in [4.69, 9.17) is 11.6 Å². The van der Waals surface area contributed by atoms with Crippen LogP contribution in [0.4, 0.5) is 5.69 Å². The molecule has 0 radical (unpaired) electrons. The third-order valence-corrected chi connectivity index (χ3v) is 4.59. The smallest absolute Gasteiger partial charge is 0.0827 e. The third-order valence-electron chi connectivity index (χ3n) is 4.34. The van der Waals surface area contributed by atoms with Gasteiger partial charge >= 0.3 is 0 Å². The number of anilines is 1. The predicted molar refractivity (Wildman–Crippen MR) is 83.5 cm³/mol. The van der Waals surface area contributed by atoms with Crippen LogP contribution in [0.5, 0.6) is 0 Å². The number of halogens is 1. The van der Waals surface area contributed by atoms with Crippen LogP contribution >= 0.6 is 11.6 Å². The Morgan fingerprint density at radius 3 is 2.40 bits per heavy atom. The van der Waals surface area contributed by atoms with Gasteiger partial charge in [-0.2, -0.15) is 5.10 Å². The van der Waals surface area contributed by atoms with Crippen LogP contribution in [0.3, 0.4) is 0 Å². The van der Waals surface area contributed by atoms with Gasteiger partial charge in [0.2, 0.25) is 0 Å². The van der Waals surface area contributed by atoms with Crippen LogP contribution in [-0.2, 0) is 7.05 Å². The quantitative estimate of drug-likeness (QED) is 0.924. The molecule has 1 aliphatic rings. The van der Waals surface area contributed by atoms with Crippen molar-refractivity contribution >= 4 is 17.3 Å². The van der Waals surface area contributed by atoms with E-state index in [1.807, 2.05) is 23.9 Å². The zero-order chi connectivity index (χ0) is 14.3.